The summed E-state index contributed by atoms with van der Waals surface area (Å²) in [5.41, 5.74) is 0. The molecule has 1 aliphatic carbocycles. The van der Waals surface area contributed by atoms with Crippen molar-refractivity contribution < 1.29 is 24.2 Å². The van der Waals surface area contributed by atoms with Crippen LogP contribution < -0.4 is 0 Å². The molecule has 0 unspecified atom stereocenters. The lowest BCUT2D eigenvalue weighted by molar-refractivity contribution is -0.142. The van der Waals surface area contributed by atoms with Crippen LogP contribution in [-0.4, -0.2) is 54.5 Å². The van der Waals surface area contributed by atoms with E-state index in [2.05, 4.69) is 0 Å². The van der Waals surface area contributed by atoms with Crippen molar-refractivity contribution in [3.63, 3.8) is 0 Å². The first-order valence-electron chi connectivity index (χ1n) is 7.78. The third-order valence-corrected chi connectivity index (χ3v) is 4.57. The molecule has 2 rings (SSSR count). The van der Waals surface area contributed by atoms with Crippen molar-refractivity contribution in [2.45, 2.75) is 57.2 Å². The van der Waals surface area contributed by atoms with E-state index in [4.69, 9.17) is 14.6 Å². The Morgan fingerprint density at radius 2 is 1.62 bits per heavy atom. The molecule has 1 amide bonds. The average Bonchev–Trinajstić information content (AvgIpc) is 2.49. The van der Waals surface area contributed by atoms with Gasteiger partial charge in [-0.15, -0.1) is 0 Å². The monoisotopic (exact) mass is 299 g/mol. The molecule has 1 heterocycles. The van der Waals surface area contributed by atoms with Gasteiger partial charge < -0.3 is 19.5 Å². The minimum absolute atomic E-state index is 0.125. The fourth-order valence-corrected chi connectivity index (χ4v) is 3.25. The van der Waals surface area contributed by atoms with Gasteiger partial charge in [-0.25, -0.2) is 4.79 Å². The number of esters is 1. The molecular weight excluding hydrogens is 274 g/mol. The quantitative estimate of drug-likeness (QED) is 0.806. The number of carbonyl (C=O) groups is 2. The number of methoxy groups -OCH3 is 1. The van der Waals surface area contributed by atoms with Crippen LogP contribution in [0, 0.1) is 5.92 Å². The summed E-state index contributed by atoms with van der Waals surface area (Å²) in [6.45, 7) is 1.13. The maximum Gasteiger partial charge on any atom is 0.407 e. The molecule has 1 N–H and O–H groups in total. The van der Waals surface area contributed by atoms with Crippen LogP contribution in [-0.2, 0) is 14.3 Å². The van der Waals surface area contributed by atoms with Crippen molar-refractivity contribution in [1.82, 2.24) is 4.90 Å². The predicted molar refractivity (Wildman–Crippen MR) is 76.1 cm³/mol. The summed E-state index contributed by atoms with van der Waals surface area (Å²) in [4.78, 5) is 23.6. The lowest BCUT2D eigenvalue weighted by Crippen LogP contribution is -2.41. The summed E-state index contributed by atoms with van der Waals surface area (Å²) >= 11 is 0. The van der Waals surface area contributed by atoms with E-state index in [0.717, 1.165) is 38.5 Å². The molecule has 6 nitrogen and oxygen atoms in total. The summed E-state index contributed by atoms with van der Waals surface area (Å²) in [5, 5.41) is 8.91. The summed E-state index contributed by atoms with van der Waals surface area (Å²) < 4.78 is 10.8. The Bertz CT molecular complexity index is 357. The third-order valence-electron chi connectivity index (χ3n) is 4.57. The van der Waals surface area contributed by atoms with Crippen LogP contribution >= 0.6 is 0 Å². The van der Waals surface area contributed by atoms with Crippen LogP contribution in [0.3, 0.4) is 0 Å². The smallest absolute Gasteiger partial charge is 0.407 e. The van der Waals surface area contributed by atoms with Crippen molar-refractivity contribution in [1.29, 1.82) is 0 Å². The number of nitrogens with zero attached hydrogens (tertiary/aromatic N) is 1. The van der Waals surface area contributed by atoms with Crippen LogP contribution in [0.5, 0.6) is 0 Å². The highest BCUT2D eigenvalue weighted by atomic mass is 16.5. The molecule has 120 valence electrons. The first kappa shape index (κ1) is 16.1. The van der Waals surface area contributed by atoms with Crippen molar-refractivity contribution >= 4 is 12.1 Å². The fraction of sp³-hybridized carbons (Fsp3) is 0.867. The van der Waals surface area contributed by atoms with E-state index in [1.54, 1.807) is 0 Å². The number of carboxylic acid groups (broad SMARTS) is 1. The summed E-state index contributed by atoms with van der Waals surface area (Å²) in [6, 6.07) is 0. The lowest BCUT2D eigenvalue weighted by Gasteiger charge is -2.35. The van der Waals surface area contributed by atoms with Gasteiger partial charge in [0.2, 0.25) is 0 Å². The average molecular weight is 299 g/mol. The molecule has 1 saturated carbocycles. The zero-order valence-electron chi connectivity index (χ0n) is 12.6. The Balaban J connectivity index is 1.65. The topological polar surface area (TPSA) is 76.1 Å². The van der Waals surface area contributed by atoms with E-state index in [1.165, 1.54) is 12.0 Å². The van der Waals surface area contributed by atoms with Crippen molar-refractivity contribution in [3.05, 3.63) is 0 Å². The Hall–Kier alpha value is -1.30. The van der Waals surface area contributed by atoms with Crippen molar-refractivity contribution in [2.24, 2.45) is 5.92 Å². The minimum atomic E-state index is -0.836. The highest BCUT2D eigenvalue weighted by Gasteiger charge is 2.28. The molecular formula is C15H25NO5. The second-order valence-electron chi connectivity index (χ2n) is 6.03. The first-order chi connectivity index (χ1) is 10.1. The van der Waals surface area contributed by atoms with Gasteiger partial charge in [-0.2, -0.15) is 0 Å². The molecule has 21 heavy (non-hydrogen) atoms. The van der Waals surface area contributed by atoms with Crippen molar-refractivity contribution in [2.75, 3.05) is 20.2 Å². The summed E-state index contributed by atoms with van der Waals surface area (Å²) in [6.07, 6.45) is 5.69. The zero-order valence-corrected chi connectivity index (χ0v) is 12.6. The largest absolute Gasteiger partial charge is 0.469 e. The van der Waals surface area contributed by atoms with Gasteiger partial charge in [0.15, 0.2) is 0 Å². The SMILES string of the molecule is COC(=O)CC1CCC(OC2CCN(C(=O)O)CC2)CC1. The van der Waals surface area contributed by atoms with Crippen LogP contribution in [0.25, 0.3) is 0 Å². The van der Waals surface area contributed by atoms with E-state index < -0.39 is 6.09 Å². The third kappa shape index (κ3) is 4.88. The Morgan fingerprint density at radius 3 is 2.14 bits per heavy atom. The van der Waals surface area contributed by atoms with E-state index in [-0.39, 0.29) is 18.2 Å². The molecule has 1 aliphatic heterocycles. The van der Waals surface area contributed by atoms with Gasteiger partial charge in [-0.05, 0) is 44.4 Å². The zero-order chi connectivity index (χ0) is 15.2. The molecule has 2 fully saturated rings. The molecule has 0 atom stereocenters. The standard InChI is InChI=1S/C15H25NO5/c1-20-14(17)10-11-2-4-12(5-3-11)21-13-6-8-16(9-7-13)15(18)19/h11-13H,2-10H2,1H3,(H,18,19). The highest BCUT2D eigenvalue weighted by Crippen LogP contribution is 2.30. The van der Waals surface area contributed by atoms with E-state index in [9.17, 15) is 9.59 Å². The Labute approximate surface area is 125 Å². The molecule has 0 aromatic carbocycles. The van der Waals surface area contributed by atoms with E-state index in [0.29, 0.717) is 25.4 Å². The molecule has 0 bridgehead atoms. The normalized spacial score (nSPS) is 27.4. The number of rotatable bonds is 4. The van der Waals surface area contributed by atoms with E-state index >= 15 is 0 Å². The van der Waals surface area contributed by atoms with E-state index in [1.807, 2.05) is 0 Å². The molecule has 0 aromatic rings. The van der Waals surface area contributed by atoms with Crippen LogP contribution in [0.1, 0.15) is 44.9 Å². The fourth-order valence-electron chi connectivity index (χ4n) is 3.25. The Kier molecular flexibility index (Phi) is 5.85. The summed E-state index contributed by atoms with van der Waals surface area (Å²) in [7, 11) is 1.43. The minimum Gasteiger partial charge on any atom is -0.469 e. The number of likely N-dealkylation sites (tertiary alicyclic amines) is 1. The maximum atomic E-state index is 11.3. The lowest BCUT2D eigenvalue weighted by atomic mass is 9.85. The number of amides is 1. The molecule has 2 aliphatic rings. The van der Waals surface area contributed by atoms with Gasteiger partial charge in [-0.1, -0.05) is 0 Å². The van der Waals surface area contributed by atoms with Gasteiger partial charge >= 0.3 is 12.1 Å². The van der Waals surface area contributed by atoms with Crippen LogP contribution in [0.4, 0.5) is 4.79 Å². The number of hydrogen-bond acceptors (Lipinski definition) is 4. The van der Waals surface area contributed by atoms with Gasteiger partial charge in [0, 0.05) is 19.5 Å². The van der Waals surface area contributed by atoms with Gasteiger partial charge in [0.25, 0.3) is 0 Å². The molecule has 0 radical (unpaired) electrons. The van der Waals surface area contributed by atoms with Gasteiger partial charge in [0.1, 0.15) is 0 Å². The second-order valence-corrected chi connectivity index (χ2v) is 6.03. The van der Waals surface area contributed by atoms with Crippen LogP contribution in [0.2, 0.25) is 0 Å². The highest BCUT2D eigenvalue weighted by molar-refractivity contribution is 5.69. The maximum absolute atomic E-state index is 11.3. The molecule has 6 heteroatoms. The van der Waals surface area contributed by atoms with Crippen molar-refractivity contribution in [3.8, 4) is 0 Å². The molecule has 0 aromatic heterocycles. The van der Waals surface area contributed by atoms with Gasteiger partial charge in [0.05, 0.1) is 19.3 Å². The first-order valence-corrected chi connectivity index (χ1v) is 7.78. The summed E-state index contributed by atoms with van der Waals surface area (Å²) in [5.74, 6) is 0.298. The molecule has 1 saturated heterocycles. The number of carbonyl (C=O) groups excluding carboxylic acids is 1. The predicted octanol–water partition coefficient (Wildman–Crippen LogP) is 2.27. The second kappa shape index (κ2) is 7.64. The Morgan fingerprint density at radius 1 is 1.05 bits per heavy atom. The van der Waals surface area contributed by atoms with Crippen LogP contribution in [0.15, 0.2) is 0 Å². The van der Waals surface area contributed by atoms with Gasteiger partial charge in [-0.3, -0.25) is 4.79 Å². The number of hydrogen-bond donors (Lipinski definition) is 1. The number of ether oxygens (including phenoxy) is 2. The number of piperidine rings is 1. The molecule has 0 spiro atoms.